The molecule has 0 N–H and O–H groups in total. The Morgan fingerprint density at radius 2 is 1.33 bits per heavy atom. The van der Waals surface area contributed by atoms with Gasteiger partial charge in [-0.15, -0.1) is 0 Å². The summed E-state index contributed by atoms with van der Waals surface area (Å²) >= 11 is 0. The van der Waals surface area contributed by atoms with Crippen molar-refractivity contribution in [3.05, 3.63) is 35.4 Å². The third kappa shape index (κ3) is 4.51. The molecule has 0 radical (unpaired) electrons. The first-order chi connectivity index (χ1) is 7.36. The van der Waals surface area contributed by atoms with E-state index in [2.05, 4.69) is 31.2 Å². The predicted octanol–water partition coefficient (Wildman–Crippen LogP) is 5.31. The van der Waals surface area contributed by atoms with Crippen LogP contribution in [0.5, 0.6) is 0 Å². The van der Waals surface area contributed by atoms with Crippen LogP contribution in [0.25, 0.3) is 0 Å². The molecule has 0 bridgehead atoms. The molecule has 0 spiro atoms. The third-order valence-corrected chi connectivity index (χ3v) is 2.65. The maximum absolute atomic E-state index is 2.28. The average Bonchev–Trinajstić information content (AvgIpc) is 2.25. The van der Waals surface area contributed by atoms with E-state index < -0.39 is 0 Å². The summed E-state index contributed by atoms with van der Waals surface area (Å²) in [6, 6.07) is 8.99. The van der Waals surface area contributed by atoms with E-state index in [9.17, 15) is 0 Å². The molecule has 1 aromatic rings. The van der Waals surface area contributed by atoms with E-state index in [1.54, 1.807) is 5.56 Å². The van der Waals surface area contributed by atoms with Crippen LogP contribution >= 0.6 is 0 Å². The first-order valence-electron chi connectivity index (χ1n) is 6.43. The van der Waals surface area contributed by atoms with Crippen LogP contribution in [-0.2, 0) is 0 Å². The monoisotopic (exact) mass is 206 g/mol. The lowest BCUT2D eigenvalue weighted by atomic mass is 9.80. The number of hydrogen-bond acceptors (Lipinski definition) is 0. The van der Waals surface area contributed by atoms with Gasteiger partial charge in [-0.2, -0.15) is 0 Å². The number of rotatable bonds is 1. The Hall–Kier alpha value is -0.780. The maximum atomic E-state index is 2.28. The smallest absolute Gasteiger partial charge is 0.0162 e. The molecule has 86 valence electrons. The zero-order chi connectivity index (χ0) is 11.7. The quantitative estimate of drug-likeness (QED) is 0.583. The Labute approximate surface area is 95.7 Å². The van der Waals surface area contributed by atoms with Gasteiger partial charge in [0.2, 0.25) is 0 Å². The molecule has 0 saturated heterocycles. The molecule has 0 heterocycles. The van der Waals surface area contributed by atoms with Crippen molar-refractivity contribution in [1.82, 2.24) is 0 Å². The van der Waals surface area contributed by atoms with Crippen LogP contribution < -0.4 is 0 Å². The van der Waals surface area contributed by atoms with Crippen molar-refractivity contribution in [3.63, 3.8) is 0 Å². The molecule has 0 atom stereocenters. The molecule has 1 aliphatic carbocycles. The van der Waals surface area contributed by atoms with Gasteiger partial charge in [0.05, 0.1) is 0 Å². The van der Waals surface area contributed by atoms with Crippen molar-refractivity contribution in [2.24, 2.45) is 0 Å². The highest BCUT2D eigenvalue weighted by Gasteiger charge is 2.18. The highest BCUT2D eigenvalue weighted by Crippen LogP contribution is 2.36. The number of aryl methyl sites for hydroxylation is 1. The lowest BCUT2D eigenvalue weighted by Gasteiger charge is -2.25. The van der Waals surface area contributed by atoms with Crippen LogP contribution in [0.1, 0.15) is 64.0 Å². The lowest BCUT2D eigenvalue weighted by Crippen LogP contribution is -2.08. The standard InChI is InChI=1S/C11H14.2C2H6/c1-9-5-7-11(8-6-9)10-3-2-4-10;2*1-2/h5-8,10H,2-4H2,1H3;2*1-2H3. The maximum Gasteiger partial charge on any atom is -0.0162 e. The Morgan fingerprint density at radius 1 is 0.867 bits per heavy atom. The normalized spacial score (nSPS) is 13.9. The molecule has 0 unspecified atom stereocenters. The second kappa shape index (κ2) is 8.52. The largest absolute Gasteiger partial charge is 0.0683 e. The summed E-state index contributed by atoms with van der Waals surface area (Å²) in [5, 5.41) is 0. The minimum atomic E-state index is 0.885. The molecule has 0 aliphatic heterocycles. The highest BCUT2D eigenvalue weighted by molar-refractivity contribution is 5.25. The van der Waals surface area contributed by atoms with Crippen LogP contribution in [0.4, 0.5) is 0 Å². The molecule has 0 nitrogen and oxygen atoms in total. The second-order valence-corrected chi connectivity index (χ2v) is 3.54. The Kier molecular flexibility index (Phi) is 8.08. The van der Waals surface area contributed by atoms with Crippen molar-refractivity contribution in [2.75, 3.05) is 0 Å². The Bertz CT molecular complexity index is 229. The summed E-state index contributed by atoms with van der Waals surface area (Å²) in [4.78, 5) is 0. The van der Waals surface area contributed by atoms with E-state index in [0.717, 1.165) is 5.92 Å². The van der Waals surface area contributed by atoms with Crippen molar-refractivity contribution < 1.29 is 0 Å². The average molecular weight is 206 g/mol. The number of benzene rings is 1. The van der Waals surface area contributed by atoms with Gasteiger partial charge >= 0.3 is 0 Å². The molecular weight excluding hydrogens is 180 g/mol. The van der Waals surface area contributed by atoms with Gasteiger partial charge in [0.1, 0.15) is 0 Å². The van der Waals surface area contributed by atoms with Crippen molar-refractivity contribution in [1.29, 1.82) is 0 Å². The third-order valence-electron chi connectivity index (χ3n) is 2.65. The van der Waals surface area contributed by atoms with E-state index in [4.69, 9.17) is 0 Å². The van der Waals surface area contributed by atoms with Crippen LogP contribution in [0.2, 0.25) is 0 Å². The van der Waals surface area contributed by atoms with Gasteiger partial charge in [-0.3, -0.25) is 0 Å². The highest BCUT2D eigenvalue weighted by atomic mass is 14.2. The topological polar surface area (TPSA) is 0 Å². The summed E-state index contributed by atoms with van der Waals surface area (Å²) in [5.41, 5.74) is 2.91. The van der Waals surface area contributed by atoms with E-state index in [1.165, 1.54) is 24.8 Å². The molecule has 1 fully saturated rings. The number of hydrogen-bond donors (Lipinski definition) is 0. The molecule has 2 rings (SSSR count). The van der Waals surface area contributed by atoms with Gasteiger partial charge in [-0.25, -0.2) is 0 Å². The first kappa shape index (κ1) is 14.2. The molecule has 1 aromatic carbocycles. The van der Waals surface area contributed by atoms with Gasteiger partial charge in [0.25, 0.3) is 0 Å². The molecule has 1 saturated carbocycles. The minimum absolute atomic E-state index is 0.885. The van der Waals surface area contributed by atoms with Crippen molar-refractivity contribution in [3.8, 4) is 0 Å². The molecule has 0 amide bonds. The van der Waals surface area contributed by atoms with Crippen LogP contribution in [0, 0.1) is 6.92 Å². The fourth-order valence-corrected chi connectivity index (χ4v) is 1.58. The molecule has 0 heteroatoms. The SMILES string of the molecule is CC.CC.Cc1ccc(C2CCC2)cc1. The summed E-state index contributed by atoms with van der Waals surface area (Å²) in [6.45, 7) is 10.1. The lowest BCUT2D eigenvalue weighted by molar-refractivity contribution is 0.420. The molecule has 1 aliphatic rings. The van der Waals surface area contributed by atoms with Gasteiger partial charge in [0.15, 0.2) is 0 Å². The summed E-state index contributed by atoms with van der Waals surface area (Å²) in [7, 11) is 0. The van der Waals surface area contributed by atoms with Gasteiger partial charge in [-0.05, 0) is 31.2 Å². The zero-order valence-corrected chi connectivity index (χ0v) is 11.0. The molecular formula is C15H26. The zero-order valence-electron chi connectivity index (χ0n) is 11.0. The van der Waals surface area contributed by atoms with Crippen LogP contribution in [-0.4, -0.2) is 0 Å². The Balaban J connectivity index is 0.000000442. The van der Waals surface area contributed by atoms with Crippen molar-refractivity contribution in [2.45, 2.75) is 59.8 Å². The summed E-state index contributed by atoms with van der Waals surface area (Å²) in [5.74, 6) is 0.885. The van der Waals surface area contributed by atoms with E-state index in [1.807, 2.05) is 27.7 Å². The van der Waals surface area contributed by atoms with E-state index in [-0.39, 0.29) is 0 Å². The predicted molar refractivity (Wildman–Crippen MR) is 70.5 cm³/mol. The fraction of sp³-hybridized carbons (Fsp3) is 0.600. The summed E-state index contributed by atoms with van der Waals surface area (Å²) in [6.07, 6.45) is 4.24. The van der Waals surface area contributed by atoms with Crippen LogP contribution in [0.3, 0.4) is 0 Å². The van der Waals surface area contributed by atoms with E-state index in [0.29, 0.717) is 0 Å². The Morgan fingerprint density at radius 3 is 1.67 bits per heavy atom. The second-order valence-electron chi connectivity index (χ2n) is 3.54. The van der Waals surface area contributed by atoms with Gasteiger partial charge < -0.3 is 0 Å². The molecule has 0 aromatic heterocycles. The summed E-state index contributed by atoms with van der Waals surface area (Å²) < 4.78 is 0. The van der Waals surface area contributed by atoms with E-state index >= 15 is 0 Å². The van der Waals surface area contributed by atoms with Gasteiger partial charge in [-0.1, -0.05) is 63.9 Å². The van der Waals surface area contributed by atoms with Crippen LogP contribution in [0.15, 0.2) is 24.3 Å². The van der Waals surface area contributed by atoms with Gasteiger partial charge in [0, 0.05) is 0 Å². The molecule has 15 heavy (non-hydrogen) atoms. The van der Waals surface area contributed by atoms with Crippen molar-refractivity contribution >= 4 is 0 Å². The fourth-order valence-electron chi connectivity index (χ4n) is 1.58. The minimum Gasteiger partial charge on any atom is -0.0683 e. The first-order valence-corrected chi connectivity index (χ1v) is 6.43.